The highest BCUT2D eigenvalue weighted by Crippen LogP contribution is 2.27. The number of nitrogens with zero attached hydrogens (tertiary/aromatic N) is 1. The first-order valence-electron chi connectivity index (χ1n) is 5.49. The molecule has 0 aliphatic rings. The highest BCUT2D eigenvalue weighted by Gasteiger charge is 2.10. The van der Waals surface area contributed by atoms with E-state index in [1.54, 1.807) is 6.20 Å². The lowest BCUT2D eigenvalue weighted by molar-refractivity contribution is 0.871. The first-order chi connectivity index (χ1) is 7.63. The van der Waals surface area contributed by atoms with Crippen molar-refractivity contribution in [2.45, 2.75) is 26.7 Å². The Hall–Kier alpha value is -1.81. The zero-order chi connectivity index (χ0) is 11.7. The predicted octanol–water partition coefficient (Wildman–Crippen LogP) is 3.65. The van der Waals surface area contributed by atoms with E-state index in [2.05, 4.69) is 49.9 Å². The van der Waals surface area contributed by atoms with Gasteiger partial charge in [-0.3, -0.25) is 4.98 Å². The van der Waals surface area contributed by atoms with Crippen molar-refractivity contribution >= 4 is 10.9 Å². The van der Waals surface area contributed by atoms with Crippen LogP contribution >= 0.6 is 0 Å². The molecule has 0 bridgehead atoms. The Labute approximate surface area is 96.5 Å². The third-order valence-electron chi connectivity index (χ3n) is 2.80. The van der Waals surface area contributed by atoms with E-state index >= 15 is 0 Å². The molecule has 0 aliphatic carbocycles. The summed E-state index contributed by atoms with van der Waals surface area (Å²) in [6.45, 7) is 6.40. The van der Waals surface area contributed by atoms with E-state index in [1.807, 2.05) is 0 Å². The molecule has 0 unspecified atom stereocenters. The minimum Gasteiger partial charge on any atom is -0.255 e. The van der Waals surface area contributed by atoms with E-state index in [0.717, 1.165) is 11.1 Å². The molecular formula is C15H15N. The lowest BCUT2D eigenvalue weighted by Crippen LogP contribution is -1.96. The lowest BCUT2D eigenvalue weighted by atomic mass is 9.94. The Morgan fingerprint density at radius 3 is 2.69 bits per heavy atom. The average molecular weight is 209 g/mol. The van der Waals surface area contributed by atoms with Gasteiger partial charge in [0.2, 0.25) is 0 Å². The smallest absolute Gasteiger partial charge is 0.0708 e. The van der Waals surface area contributed by atoms with E-state index in [4.69, 9.17) is 6.42 Å². The van der Waals surface area contributed by atoms with Crippen molar-refractivity contribution in [3.63, 3.8) is 0 Å². The summed E-state index contributed by atoms with van der Waals surface area (Å²) in [6.07, 6.45) is 7.32. The van der Waals surface area contributed by atoms with Gasteiger partial charge in [-0.2, -0.15) is 0 Å². The van der Waals surface area contributed by atoms with Crippen LogP contribution in [0.4, 0.5) is 0 Å². The Morgan fingerprint density at radius 1 is 1.31 bits per heavy atom. The second-order valence-electron chi connectivity index (χ2n) is 4.41. The molecule has 0 saturated carbocycles. The van der Waals surface area contributed by atoms with Crippen LogP contribution in [0.3, 0.4) is 0 Å². The molecule has 80 valence electrons. The summed E-state index contributed by atoms with van der Waals surface area (Å²) >= 11 is 0. The Kier molecular flexibility index (Phi) is 2.66. The number of hydrogen-bond acceptors (Lipinski definition) is 1. The molecule has 1 aromatic heterocycles. The number of pyridine rings is 1. The summed E-state index contributed by atoms with van der Waals surface area (Å²) in [5, 5.41) is 1.18. The van der Waals surface area contributed by atoms with Gasteiger partial charge in [0.15, 0.2) is 0 Å². The number of aromatic nitrogens is 1. The summed E-state index contributed by atoms with van der Waals surface area (Å²) in [5.74, 6) is 3.14. The van der Waals surface area contributed by atoms with Crippen molar-refractivity contribution in [2.75, 3.05) is 0 Å². The van der Waals surface area contributed by atoms with Crippen LogP contribution in [-0.2, 0) is 0 Å². The van der Waals surface area contributed by atoms with E-state index in [9.17, 15) is 0 Å². The van der Waals surface area contributed by atoms with Gasteiger partial charge < -0.3 is 0 Å². The van der Waals surface area contributed by atoms with Gasteiger partial charge in [0, 0.05) is 17.1 Å². The zero-order valence-electron chi connectivity index (χ0n) is 9.91. The summed E-state index contributed by atoms with van der Waals surface area (Å²) < 4.78 is 0. The maximum atomic E-state index is 5.52. The summed E-state index contributed by atoms with van der Waals surface area (Å²) in [4.78, 5) is 4.41. The molecule has 2 aromatic rings. The average Bonchev–Trinajstić information content (AvgIpc) is 2.26. The molecule has 0 spiro atoms. The summed E-state index contributed by atoms with van der Waals surface area (Å²) in [5.41, 5.74) is 4.39. The maximum Gasteiger partial charge on any atom is 0.0708 e. The third-order valence-corrected chi connectivity index (χ3v) is 2.80. The number of aryl methyl sites for hydroxylation is 1. The van der Waals surface area contributed by atoms with Gasteiger partial charge in [-0.05, 0) is 30.0 Å². The molecule has 0 atom stereocenters. The van der Waals surface area contributed by atoms with Crippen LogP contribution in [0.15, 0.2) is 24.4 Å². The number of hydrogen-bond donors (Lipinski definition) is 0. The van der Waals surface area contributed by atoms with E-state index in [-0.39, 0.29) is 0 Å². The summed E-state index contributed by atoms with van der Waals surface area (Å²) in [6, 6.07) is 6.32. The van der Waals surface area contributed by atoms with Crippen LogP contribution in [0.5, 0.6) is 0 Å². The highest BCUT2D eigenvalue weighted by atomic mass is 14.7. The second kappa shape index (κ2) is 3.98. The molecule has 0 aliphatic heterocycles. The Bertz CT molecular complexity index is 574. The van der Waals surface area contributed by atoms with Crippen molar-refractivity contribution < 1.29 is 0 Å². The van der Waals surface area contributed by atoms with Gasteiger partial charge in [0.25, 0.3) is 0 Å². The highest BCUT2D eigenvalue weighted by molar-refractivity contribution is 5.85. The fraction of sp³-hybridized carbons (Fsp3) is 0.267. The molecule has 2 rings (SSSR count). The molecule has 1 heteroatoms. The second-order valence-corrected chi connectivity index (χ2v) is 4.41. The first-order valence-corrected chi connectivity index (χ1v) is 5.49. The van der Waals surface area contributed by atoms with E-state index in [1.165, 1.54) is 16.5 Å². The van der Waals surface area contributed by atoms with Gasteiger partial charge in [-0.25, -0.2) is 0 Å². The van der Waals surface area contributed by atoms with E-state index < -0.39 is 0 Å². The topological polar surface area (TPSA) is 12.9 Å². The standard InChI is InChI=1S/C15H15N/c1-5-12-9-16-14-8-11(4)6-7-13(14)15(12)10(2)3/h1,6-10H,2-4H3. The van der Waals surface area contributed by atoms with Gasteiger partial charge in [0.05, 0.1) is 5.52 Å². The fourth-order valence-corrected chi connectivity index (χ4v) is 2.06. The Morgan fingerprint density at radius 2 is 2.06 bits per heavy atom. The molecule has 1 aromatic carbocycles. The molecule has 1 heterocycles. The quantitative estimate of drug-likeness (QED) is 0.653. The first kappa shape index (κ1) is 10.7. The monoisotopic (exact) mass is 209 g/mol. The van der Waals surface area contributed by atoms with Crippen molar-refractivity contribution in [3.8, 4) is 12.3 Å². The molecule has 0 saturated heterocycles. The van der Waals surface area contributed by atoms with Crippen molar-refractivity contribution in [2.24, 2.45) is 0 Å². The van der Waals surface area contributed by atoms with Crippen LogP contribution < -0.4 is 0 Å². The maximum absolute atomic E-state index is 5.52. The minimum absolute atomic E-state index is 0.416. The van der Waals surface area contributed by atoms with Gasteiger partial charge >= 0.3 is 0 Å². The van der Waals surface area contributed by atoms with Crippen LogP contribution in [-0.4, -0.2) is 4.98 Å². The summed E-state index contributed by atoms with van der Waals surface area (Å²) in [7, 11) is 0. The molecule has 0 amide bonds. The lowest BCUT2D eigenvalue weighted by Gasteiger charge is -2.12. The molecular weight excluding hydrogens is 194 g/mol. The van der Waals surface area contributed by atoms with Gasteiger partial charge in [0.1, 0.15) is 0 Å². The van der Waals surface area contributed by atoms with Gasteiger partial charge in [-0.1, -0.05) is 31.9 Å². The minimum atomic E-state index is 0.416. The number of terminal acetylenes is 1. The number of rotatable bonds is 1. The molecule has 0 N–H and O–H groups in total. The normalized spacial score (nSPS) is 10.7. The van der Waals surface area contributed by atoms with Gasteiger partial charge in [-0.15, -0.1) is 6.42 Å². The van der Waals surface area contributed by atoms with Crippen LogP contribution in [0.1, 0.15) is 36.5 Å². The number of fused-ring (bicyclic) bond motifs is 1. The van der Waals surface area contributed by atoms with E-state index in [0.29, 0.717) is 5.92 Å². The van der Waals surface area contributed by atoms with Crippen molar-refractivity contribution in [3.05, 3.63) is 41.1 Å². The largest absolute Gasteiger partial charge is 0.255 e. The fourth-order valence-electron chi connectivity index (χ4n) is 2.06. The van der Waals surface area contributed by atoms with Crippen LogP contribution in [0, 0.1) is 19.3 Å². The zero-order valence-corrected chi connectivity index (χ0v) is 9.91. The Balaban J connectivity index is 2.85. The van der Waals surface area contributed by atoms with Crippen LogP contribution in [0.2, 0.25) is 0 Å². The van der Waals surface area contributed by atoms with Crippen LogP contribution in [0.25, 0.3) is 10.9 Å². The SMILES string of the molecule is C#Cc1cnc2cc(C)ccc2c1C(C)C. The molecule has 16 heavy (non-hydrogen) atoms. The third kappa shape index (κ3) is 1.67. The van der Waals surface area contributed by atoms with Crippen molar-refractivity contribution in [1.29, 1.82) is 0 Å². The molecule has 0 fully saturated rings. The predicted molar refractivity (Wildman–Crippen MR) is 68.5 cm³/mol. The van der Waals surface area contributed by atoms with Crippen molar-refractivity contribution in [1.82, 2.24) is 4.98 Å². The molecule has 0 radical (unpaired) electrons. The number of benzene rings is 1. The molecule has 1 nitrogen and oxygen atoms in total.